The Morgan fingerprint density at radius 3 is 2.67 bits per heavy atom. The summed E-state index contributed by atoms with van der Waals surface area (Å²) < 4.78 is 6.76. The van der Waals surface area contributed by atoms with Gasteiger partial charge in [-0.1, -0.05) is 25.4 Å². The molecule has 0 atom stereocenters. The Labute approximate surface area is 116 Å². The number of halogens is 2. The summed E-state index contributed by atoms with van der Waals surface area (Å²) in [7, 11) is 0. The maximum atomic E-state index is 11.8. The second-order valence-electron chi connectivity index (χ2n) is 4.44. The fourth-order valence-electron chi connectivity index (χ4n) is 1.81. The van der Waals surface area contributed by atoms with E-state index < -0.39 is 11.4 Å². The van der Waals surface area contributed by atoms with Crippen molar-refractivity contribution in [3.05, 3.63) is 42.6 Å². The molecule has 0 amide bonds. The minimum Gasteiger partial charge on any atom is -0.372 e. The number of benzene rings is 1. The van der Waals surface area contributed by atoms with E-state index in [4.69, 9.17) is 16.0 Å². The van der Waals surface area contributed by atoms with E-state index in [1.165, 1.54) is 10.6 Å². The van der Waals surface area contributed by atoms with Crippen molar-refractivity contribution >= 4 is 38.4 Å². The van der Waals surface area contributed by atoms with Crippen LogP contribution in [0.25, 0.3) is 10.9 Å². The van der Waals surface area contributed by atoms with E-state index in [0.717, 1.165) is 0 Å². The molecule has 96 valence electrons. The summed E-state index contributed by atoms with van der Waals surface area (Å²) >= 11 is 9.23. The van der Waals surface area contributed by atoms with Crippen LogP contribution in [0.15, 0.2) is 30.6 Å². The third kappa shape index (κ3) is 2.37. The molecule has 1 aromatic carbocycles. The Hall–Kier alpha value is -1.07. The van der Waals surface area contributed by atoms with Crippen LogP contribution in [-0.4, -0.2) is 4.57 Å². The first-order valence-corrected chi connectivity index (χ1v) is 6.60. The van der Waals surface area contributed by atoms with Gasteiger partial charge in [0.05, 0.1) is 10.9 Å². The van der Waals surface area contributed by atoms with Gasteiger partial charge in [-0.25, -0.2) is 9.59 Å². The van der Waals surface area contributed by atoms with Crippen LogP contribution in [0.2, 0.25) is 5.02 Å². The second kappa shape index (κ2) is 4.90. The minimum atomic E-state index is -0.668. The second-order valence-corrected chi connectivity index (χ2v) is 5.73. The van der Waals surface area contributed by atoms with Crippen LogP contribution in [0.1, 0.15) is 13.8 Å². The number of fused-ring (bicyclic) bond motifs is 1. The molecular formula is C12H11BrClNO3. The first kappa shape index (κ1) is 13.4. The van der Waals surface area contributed by atoms with E-state index in [2.05, 4.69) is 15.9 Å². The lowest BCUT2D eigenvalue weighted by atomic mass is 10.2. The third-order valence-electron chi connectivity index (χ3n) is 2.47. The monoisotopic (exact) mass is 331 g/mol. The zero-order valence-electron chi connectivity index (χ0n) is 9.87. The highest BCUT2D eigenvalue weighted by Gasteiger charge is 2.14. The highest BCUT2D eigenvalue weighted by Crippen LogP contribution is 2.26. The van der Waals surface area contributed by atoms with Crippen LogP contribution in [0.3, 0.4) is 0 Å². The van der Waals surface area contributed by atoms with Crippen LogP contribution in [0.4, 0.5) is 0 Å². The summed E-state index contributed by atoms with van der Waals surface area (Å²) in [4.78, 5) is 23.5. The maximum Gasteiger partial charge on any atom is 0.422 e. The minimum absolute atomic E-state index is 0.251. The molecule has 6 heteroatoms. The largest absolute Gasteiger partial charge is 0.422 e. The summed E-state index contributed by atoms with van der Waals surface area (Å²) in [6, 6.07) is 3.16. The number of hydrogen-bond acceptors (Lipinski definition) is 3. The number of hydrogen-bond donors (Lipinski definition) is 0. The van der Waals surface area contributed by atoms with Crippen molar-refractivity contribution in [2.75, 3.05) is 0 Å². The zero-order valence-corrected chi connectivity index (χ0v) is 12.2. The van der Waals surface area contributed by atoms with Gasteiger partial charge in [0.1, 0.15) is 0 Å². The number of aromatic nitrogens is 1. The molecule has 0 aliphatic carbocycles. The van der Waals surface area contributed by atoms with Crippen LogP contribution >= 0.6 is 27.5 Å². The summed E-state index contributed by atoms with van der Waals surface area (Å²) in [5.41, 5.74) is -0.146. The molecule has 1 aromatic heterocycles. The molecule has 18 heavy (non-hydrogen) atoms. The first-order valence-electron chi connectivity index (χ1n) is 5.43. The highest BCUT2D eigenvalue weighted by molar-refractivity contribution is 9.10. The van der Waals surface area contributed by atoms with Gasteiger partial charge < -0.3 is 4.42 Å². The first-order chi connectivity index (χ1) is 8.40. The molecule has 0 bridgehead atoms. The van der Waals surface area contributed by atoms with Crippen molar-refractivity contribution in [2.45, 2.75) is 20.4 Å². The summed E-state index contributed by atoms with van der Waals surface area (Å²) in [5.74, 6) is -0.398. The van der Waals surface area contributed by atoms with Crippen LogP contribution in [-0.2, 0) is 6.54 Å². The van der Waals surface area contributed by atoms with Crippen molar-refractivity contribution in [2.24, 2.45) is 5.92 Å². The molecule has 1 heterocycles. The quantitative estimate of drug-likeness (QED) is 0.849. The van der Waals surface area contributed by atoms with Crippen LogP contribution < -0.4 is 11.4 Å². The molecule has 0 unspecified atom stereocenters. The molecule has 0 saturated heterocycles. The average Bonchev–Trinajstić information content (AvgIpc) is 2.23. The molecule has 2 rings (SSSR count). The standard InChI is InChI=1S/C12H11BrClNO3/c1-6(2)5-15-10-8(11(16)18-12(15)17)3-7(14)4-9(10)13/h3-4,6H,5H2,1-2H3. The van der Waals surface area contributed by atoms with Crippen LogP contribution in [0, 0.1) is 5.92 Å². The Morgan fingerprint density at radius 2 is 2.06 bits per heavy atom. The molecule has 0 saturated carbocycles. The van der Waals surface area contributed by atoms with Crippen molar-refractivity contribution in [3.63, 3.8) is 0 Å². The van der Waals surface area contributed by atoms with Gasteiger partial charge >= 0.3 is 11.4 Å². The van der Waals surface area contributed by atoms with E-state index >= 15 is 0 Å². The maximum absolute atomic E-state index is 11.8. The van der Waals surface area contributed by atoms with Gasteiger partial charge in [0, 0.05) is 16.0 Å². The molecule has 0 radical (unpaired) electrons. The Morgan fingerprint density at radius 1 is 1.39 bits per heavy atom. The molecule has 0 N–H and O–H groups in total. The summed E-state index contributed by atoms with van der Waals surface area (Å²) in [6.07, 6.45) is 0. The molecular weight excluding hydrogens is 321 g/mol. The predicted octanol–water partition coefficient (Wildman–Crippen LogP) is 3.03. The lowest BCUT2D eigenvalue weighted by molar-refractivity contribution is 0.392. The average molecular weight is 333 g/mol. The Balaban J connectivity index is 2.93. The SMILES string of the molecule is CC(C)Cn1c(=O)oc(=O)c2cc(Cl)cc(Br)c21. The molecule has 2 aromatic rings. The molecule has 0 aliphatic rings. The number of rotatable bonds is 2. The Bertz CT molecular complexity index is 718. The topological polar surface area (TPSA) is 52.2 Å². The highest BCUT2D eigenvalue weighted by atomic mass is 79.9. The zero-order chi connectivity index (χ0) is 13.4. The van der Waals surface area contributed by atoms with Crippen molar-refractivity contribution in [1.29, 1.82) is 0 Å². The molecule has 0 aliphatic heterocycles. The van der Waals surface area contributed by atoms with Crippen molar-refractivity contribution in [1.82, 2.24) is 4.57 Å². The van der Waals surface area contributed by atoms with E-state index in [1.807, 2.05) is 13.8 Å². The van der Waals surface area contributed by atoms with Gasteiger partial charge in [-0.05, 0) is 34.0 Å². The third-order valence-corrected chi connectivity index (χ3v) is 3.29. The molecule has 4 nitrogen and oxygen atoms in total. The fourth-order valence-corrected chi connectivity index (χ4v) is 2.83. The molecule has 0 fully saturated rings. The van der Waals surface area contributed by atoms with E-state index in [-0.39, 0.29) is 5.92 Å². The van der Waals surface area contributed by atoms with Crippen LogP contribution in [0.5, 0.6) is 0 Å². The van der Waals surface area contributed by atoms with Gasteiger partial charge in [0.15, 0.2) is 0 Å². The van der Waals surface area contributed by atoms with E-state index in [1.54, 1.807) is 6.07 Å². The van der Waals surface area contributed by atoms with Gasteiger partial charge in [-0.3, -0.25) is 4.57 Å². The smallest absolute Gasteiger partial charge is 0.372 e. The summed E-state index contributed by atoms with van der Waals surface area (Å²) in [6.45, 7) is 4.43. The lowest BCUT2D eigenvalue weighted by Gasteiger charge is -2.12. The normalized spacial score (nSPS) is 11.4. The van der Waals surface area contributed by atoms with Gasteiger partial charge in [-0.15, -0.1) is 0 Å². The van der Waals surface area contributed by atoms with Gasteiger partial charge in [-0.2, -0.15) is 0 Å². The summed E-state index contributed by atoms with van der Waals surface area (Å²) in [5, 5.41) is 0.714. The van der Waals surface area contributed by atoms with Gasteiger partial charge in [0.25, 0.3) is 0 Å². The Kier molecular flexibility index (Phi) is 3.64. The van der Waals surface area contributed by atoms with Crippen molar-refractivity contribution < 1.29 is 4.42 Å². The number of nitrogens with zero attached hydrogens (tertiary/aromatic N) is 1. The van der Waals surface area contributed by atoms with Gasteiger partial charge in [0.2, 0.25) is 0 Å². The lowest BCUT2D eigenvalue weighted by Crippen LogP contribution is -2.27. The predicted molar refractivity (Wildman–Crippen MR) is 74.3 cm³/mol. The van der Waals surface area contributed by atoms with E-state index in [0.29, 0.717) is 26.9 Å². The molecule has 0 spiro atoms. The van der Waals surface area contributed by atoms with Crippen molar-refractivity contribution in [3.8, 4) is 0 Å². The van der Waals surface area contributed by atoms with E-state index in [9.17, 15) is 9.59 Å². The fraction of sp³-hybridized carbons (Fsp3) is 0.333.